The van der Waals surface area contributed by atoms with Gasteiger partial charge in [-0.15, -0.1) is 0 Å². The minimum absolute atomic E-state index is 1.07. The molecule has 0 N–H and O–H groups in total. The van der Waals surface area contributed by atoms with Crippen LogP contribution in [0.2, 0.25) is 19.6 Å². The summed E-state index contributed by atoms with van der Waals surface area (Å²) in [4.78, 5) is 5.25. The quantitative estimate of drug-likeness (QED) is 0.519. The zero-order valence-electron chi connectivity index (χ0n) is 17.1. The molecular weight excluding hydrogens is 318 g/mol. The molecule has 0 radical (unpaired) electrons. The van der Waals surface area contributed by atoms with E-state index in [1.165, 1.54) is 41.8 Å². The molecule has 1 nitrogen and oxygen atoms in total. The Labute approximate surface area is 155 Å². The Balaban J connectivity index is 2.80. The number of nitrogens with zero attached hydrogens (tertiary/aromatic N) is 1. The summed E-state index contributed by atoms with van der Waals surface area (Å²) in [7, 11) is -1.46. The highest BCUT2D eigenvalue weighted by atomic mass is 28.3. The number of unbranched alkanes of at least 4 members (excludes halogenated alkanes) is 1. The van der Waals surface area contributed by atoms with Crippen molar-refractivity contribution in [2.75, 3.05) is 0 Å². The third kappa shape index (κ3) is 4.61. The highest BCUT2D eigenvalue weighted by Gasteiger charge is 2.28. The van der Waals surface area contributed by atoms with E-state index in [-0.39, 0.29) is 0 Å². The normalized spacial score (nSPS) is 11.8. The van der Waals surface area contributed by atoms with Crippen molar-refractivity contribution >= 4 is 13.3 Å². The van der Waals surface area contributed by atoms with Gasteiger partial charge in [0.2, 0.25) is 0 Å². The molecule has 0 fully saturated rings. The fourth-order valence-corrected chi connectivity index (χ4v) is 6.24. The third-order valence-electron chi connectivity index (χ3n) is 4.90. The lowest BCUT2D eigenvalue weighted by Gasteiger charge is -2.29. The van der Waals surface area contributed by atoms with Gasteiger partial charge in [0.25, 0.3) is 0 Å². The molecule has 25 heavy (non-hydrogen) atoms. The summed E-state index contributed by atoms with van der Waals surface area (Å²) < 4.78 is 0. The van der Waals surface area contributed by atoms with Crippen LogP contribution in [0.15, 0.2) is 30.3 Å². The van der Waals surface area contributed by atoms with Gasteiger partial charge in [-0.2, -0.15) is 0 Å². The van der Waals surface area contributed by atoms with Gasteiger partial charge in [-0.25, -0.2) is 0 Å². The van der Waals surface area contributed by atoms with E-state index in [9.17, 15) is 0 Å². The molecule has 0 amide bonds. The van der Waals surface area contributed by atoms with Crippen molar-refractivity contribution in [2.45, 2.75) is 78.9 Å². The number of benzene rings is 1. The molecule has 1 aromatic heterocycles. The van der Waals surface area contributed by atoms with Gasteiger partial charge in [0.1, 0.15) is 0 Å². The molecule has 0 spiro atoms. The number of aromatic nitrogens is 1. The predicted molar refractivity (Wildman–Crippen MR) is 115 cm³/mol. The van der Waals surface area contributed by atoms with Crippen LogP contribution < -0.4 is 5.19 Å². The van der Waals surface area contributed by atoms with Crippen molar-refractivity contribution in [2.24, 2.45) is 0 Å². The lowest BCUT2D eigenvalue weighted by Crippen LogP contribution is -2.44. The molecule has 0 aliphatic carbocycles. The van der Waals surface area contributed by atoms with Crippen LogP contribution in [0, 0.1) is 0 Å². The molecule has 0 unspecified atom stereocenters. The van der Waals surface area contributed by atoms with E-state index in [0.717, 1.165) is 19.3 Å². The summed E-state index contributed by atoms with van der Waals surface area (Å²) in [6, 6.07) is 10.8. The smallest absolute Gasteiger partial charge is 0.0785 e. The number of hydrogen-bond donors (Lipinski definition) is 0. The molecule has 0 saturated heterocycles. The van der Waals surface area contributed by atoms with Crippen molar-refractivity contribution in [1.82, 2.24) is 4.98 Å². The van der Waals surface area contributed by atoms with Crippen LogP contribution in [-0.4, -0.2) is 13.1 Å². The molecule has 0 aliphatic heterocycles. The van der Waals surface area contributed by atoms with Gasteiger partial charge in [-0.3, -0.25) is 4.98 Å². The number of aryl methyl sites for hydroxylation is 1. The minimum atomic E-state index is -1.46. The van der Waals surface area contributed by atoms with Crippen LogP contribution in [-0.2, 0) is 19.3 Å². The molecular formula is C23H35NSi. The van der Waals surface area contributed by atoms with Crippen molar-refractivity contribution in [3.8, 4) is 11.3 Å². The lowest BCUT2D eigenvalue weighted by atomic mass is 9.96. The highest BCUT2D eigenvalue weighted by molar-refractivity contribution is 6.89. The molecule has 2 aromatic rings. The average Bonchev–Trinajstić information content (AvgIpc) is 2.59. The standard InChI is InChI=1S/C23H35NSi/c1-7-10-17-20-21(14-8-2)24-22(18-15-12-11-13-16-18)19(9-3)23(20)25(4,5)6/h11-13,15-16H,7-10,14,17H2,1-6H3. The van der Waals surface area contributed by atoms with Crippen LogP contribution >= 0.6 is 0 Å². The molecule has 1 aromatic carbocycles. The van der Waals surface area contributed by atoms with Crippen molar-refractivity contribution < 1.29 is 0 Å². The summed E-state index contributed by atoms with van der Waals surface area (Å²) in [5, 5.41) is 1.70. The Hall–Kier alpha value is -1.41. The van der Waals surface area contributed by atoms with E-state index in [4.69, 9.17) is 4.98 Å². The second-order valence-electron chi connectivity index (χ2n) is 8.06. The Morgan fingerprint density at radius 3 is 2.04 bits per heavy atom. The monoisotopic (exact) mass is 353 g/mol. The van der Waals surface area contributed by atoms with Gasteiger partial charge in [-0.05, 0) is 42.0 Å². The molecule has 0 bridgehead atoms. The van der Waals surface area contributed by atoms with E-state index < -0.39 is 8.07 Å². The van der Waals surface area contributed by atoms with Gasteiger partial charge >= 0.3 is 0 Å². The van der Waals surface area contributed by atoms with Crippen LogP contribution in [0.5, 0.6) is 0 Å². The Morgan fingerprint density at radius 1 is 0.840 bits per heavy atom. The number of pyridine rings is 1. The van der Waals surface area contributed by atoms with E-state index >= 15 is 0 Å². The molecule has 0 atom stereocenters. The molecule has 2 heteroatoms. The Kier molecular flexibility index (Phi) is 7.01. The predicted octanol–water partition coefficient (Wildman–Crippen LogP) is 6.15. The third-order valence-corrected chi connectivity index (χ3v) is 7.01. The maximum absolute atomic E-state index is 5.25. The van der Waals surface area contributed by atoms with Crippen molar-refractivity contribution in [1.29, 1.82) is 0 Å². The molecule has 136 valence electrons. The fraction of sp³-hybridized carbons (Fsp3) is 0.522. The van der Waals surface area contributed by atoms with Crippen molar-refractivity contribution in [3.05, 3.63) is 47.2 Å². The highest BCUT2D eigenvalue weighted by Crippen LogP contribution is 2.27. The van der Waals surface area contributed by atoms with Crippen LogP contribution in [0.25, 0.3) is 11.3 Å². The molecule has 0 saturated carbocycles. The first-order chi connectivity index (χ1) is 11.9. The van der Waals surface area contributed by atoms with E-state index in [1.807, 2.05) is 0 Å². The van der Waals surface area contributed by atoms with Crippen LogP contribution in [0.4, 0.5) is 0 Å². The summed E-state index contributed by atoms with van der Waals surface area (Å²) >= 11 is 0. The van der Waals surface area contributed by atoms with Gasteiger partial charge in [-0.1, -0.05) is 83.6 Å². The van der Waals surface area contributed by atoms with Gasteiger partial charge < -0.3 is 0 Å². The summed E-state index contributed by atoms with van der Waals surface area (Å²) in [6.45, 7) is 14.4. The number of hydrogen-bond acceptors (Lipinski definition) is 1. The molecule has 1 heterocycles. The fourth-order valence-electron chi connectivity index (χ4n) is 3.87. The lowest BCUT2D eigenvalue weighted by molar-refractivity contribution is 0.770. The van der Waals surface area contributed by atoms with Gasteiger partial charge in [0.15, 0.2) is 0 Å². The largest absolute Gasteiger partial charge is 0.252 e. The Bertz CT molecular complexity index is 683. The summed E-state index contributed by atoms with van der Waals surface area (Å²) in [5.41, 5.74) is 6.99. The SMILES string of the molecule is CCCCc1c(CCC)nc(-c2ccccc2)c(CC)c1[Si](C)(C)C. The van der Waals surface area contributed by atoms with Crippen molar-refractivity contribution in [3.63, 3.8) is 0 Å². The first-order valence-electron chi connectivity index (χ1n) is 10.0. The summed E-state index contributed by atoms with van der Waals surface area (Å²) in [5.74, 6) is 0. The van der Waals surface area contributed by atoms with Crippen LogP contribution in [0.3, 0.4) is 0 Å². The minimum Gasteiger partial charge on any atom is -0.252 e. The Morgan fingerprint density at radius 2 is 1.52 bits per heavy atom. The maximum Gasteiger partial charge on any atom is 0.0785 e. The topological polar surface area (TPSA) is 12.9 Å². The van der Waals surface area contributed by atoms with Gasteiger partial charge in [0.05, 0.1) is 13.8 Å². The second-order valence-corrected chi connectivity index (χ2v) is 13.1. The van der Waals surface area contributed by atoms with Gasteiger partial charge in [0, 0.05) is 11.3 Å². The molecule has 0 aliphatic rings. The first kappa shape index (κ1) is 19.9. The van der Waals surface area contributed by atoms with E-state index in [2.05, 4.69) is 70.7 Å². The maximum atomic E-state index is 5.25. The van der Waals surface area contributed by atoms with E-state index in [1.54, 1.807) is 10.8 Å². The zero-order chi connectivity index (χ0) is 18.4. The average molecular weight is 354 g/mol. The summed E-state index contributed by atoms with van der Waals surface area (Å²) in [6.07, 6.45) is 7.04. The zero-order valence-corrected chi connectivity index (χ0v) is 18.1. The van der Waals surface area contributed by atoms with E-state index in [0.29, 0.717) is 0 Å². The second kappa shape index (κ2) is 8.80. The number of rotatable bonds is 8. The first-order valence-corrected chi connectivity index (χ1v) is 13.5. The van der Waals surface area contributed by atoms with Crippen LogP contribution in [0.1, 0.15) is 56.9 Å². The molecule has 2 rings (SSSR count).